The minimum Gasteiger partial charge on any atom is -0.374 e. The highest BCUT2D eigenvalue weighted by Gasteiger charge is 2.08. The summed E-state index contributed by atoms with van der Waals surface area (Å²) in [6.07, 6.45) is 0.861. The minimum absolute atomic E-state index is 0.427. The second-order valence-corrected chi connectivity index (χ2v) is 3.19. The maximum absolute atomic E-state index is 5.41. The van der Waals surface area contributed by atoms with Crippen LogP contribution in [0, 0.1) is 6.92 Å². The van der Waals surface area contributed by atoms with Crippen molar-refractivity contribution >= 4 is 5.82 Å². The number of hydrogen-bond donors (Lipinski definition) is 2. The third-order valence-corrected chi connectivity index (χ3v) is 2.19. The molecule has 84 valence electrons. The molecule has 3 N–H and O–H groups in total. The van der Waals surface area contributed by atoms with Gasteiger partial charge in [0.15, 0.2) is 5.82 Å². The van der Waals surface area contributed by atoms with Gasteiger partial charge in [-0.15, -0.1) is 0 Å². The zero-order valence-corrected chi connectivity index (χ0v) is 9.50. The second kappa shape index (κ2) is 5.63. The first-order chi connectivity index (χ1) is 7.22. The molecule has 15 heavy (non-hydrogen) atoms. The summed E-state index contributed by atoms with van der Waals surface area (Å²) in [5.41, 5.74) is 4.60. The lowest BCUT2D eigenvalue weighted by atomic mass is 10.1. The van der Waals surface area contributed by atoms with Gasteiger partial charge in [0.1, 0.15) is 12.4 Å². The lowest BCUT2D eigenvalue weighted by Crippen LogP contribution is -2.15. The van der Waals surface area contributed by atoms with Gasteiger partial charge in [0.2, 0.25) is 0 Å². The Balaban J connectivity index is 2.97. The summed E-state index contributed by atoms with van der Waals surface area (Å²) in [5.74, 6) is 6.77. The van der Waals surface area contributed by atoms with E-state index < -0.39 is 0 Å². The molecule has 0 atom stereocenters. The SMILES string of the molecule is CCOCc1nc(C)c(CC)c(NN)n1. The van der Waals surface area contributed by atoms with E-state index in [-0.39, 0.29) is 0 Å². The van der Waals surface area contributed by atoms with Crippen LogP contribution >= 0.6 is 0 Å². The summed E-state index contributed by atoms with van der Waals surface area (Å²) in [5, 5.41) is 0. The van der Waals surface area contributed by atoms with Gasteiger partial charge in [0.05, 0.1) is 0 Å². The third kappa shape index (κ3) is 2.87. The van der Waals surface area contributed by atoms with Crippen LogP contribution in [0.15, 0.2) is 0 Å². The number of nitrogen functional groups attached to an aromatic ring is 1. The lowest BCUT2D eigenvalue weighted by Gasteiger charge is -2.11. The Hall–Kier alpha value is -1.20. The second-order valence-electron chi connectivity index (χ2n) is 3.19. The fraction of sp³-hybridized carbons (Fsp3) is 0.600. The van der Waals surface area contributed by atoms with Crippen LogP contribution < -0.4 is 11.3 Å². The summed E-state index contributed by atoms with van der Waals surface area (Å²) in [7, 11) is 0. The van der Waals surface area contributed by atoms with Gasteiger partial charge in [-0.05, 0) is 20.3 Å². The molecule has 0 aliphatic heterocycles. The van der Waals surface area contributed by atoms with Crippen LogP contribution in [0.1, 0.15) is 30.9 Å². The molecule has 1 rings (SSSR count). The first-order valence-electron chi connectivity index (χ1n) is 5.13. The molecule has 0 unspecified atom stereocenters. The molecule has 1 aromatic heterocycles. The van der Waals surface area contributed by atoms with E-state index in [1.54, 1.807) is 0 Å². The number of rotatable bonds is 5. The van der Waals surface area contributed by atoms with E-state index in [0.717, 1.165) is 17.7 Å². The van der Waals surface area contributed by atoms with Crippen molar-refractivity contribution in [2.24, 2.45) is 5.84 Å². The van der Waals surface area contributed by atoms with Gasteiger partial charge >= 0.3 is 0 Å². The predicted octanol–water partition coefficient (Wildman–Crippen LogP) is 1.17. The number of anilines is 1. The molecular formula is C10H18N4O. The van der Waals surface area contributed by atoms with E-state index in [2.05, 4.69) is 22.3 Å². The minimum atomic E-state index is 0.427. The molecule has 5 nitrogen and oxygen atoms in total. The quantitative estimate of drug-likeness (QED) is 0.563. The number of nitrogens with two attached hydrogens (primary N) is 1. The van der Waals surface area contributed by atoms with Gasteiger partial charge in [0.25, 0.3) is 0 Å². The average Bonchev–Trinajstić information content (AvgIpc) is 2.25. The van der Waals surface area contributed by atoms with Gasteiger partial charge in [-0.25, -0.2) is 15.8 Å². The van der Waals surface area contributed by atoms with Gasteiger partial charge in [0, 0.05) is 17.9 Å². The van der Waals surface area contributed by atoms with Gasteiger partial charge in [-0.2, -0.15) is 0 Å². The van der Waals surface area contributed by atoms with Crippen LogP contribution in [0.3, 0.4) is 0 Å². The Bertz CT molecular complexity index is 327. The van der Waals surface area contributed by atoms with E-state index in [0.29, 0.717) is 24.9 Å². The van der Waals surface area contributed by atoms with Crippen molar-refractivity contribution in [1.29, 1.82) is 0 Å². The van der Waals surface area contributed by atoms with E-state index in [1.807, 2.05) is 13.8 Å². The smallest absolute Gasteiger partial charge is 0.156 e. The largest absolute Gasteiger partial charge is 0.374 e. The molecule has 0 amide bonds. The van der Waals surface area contributed by atoms with Crippen molar-refractivity contribution < 1.29 is 4.74 Å². The van der Waals surface area contributed by atoms with Gasteiger partial charge in [-0.3, -0.25) is 0 Å². The Morgan fingerprint density at radius 1 is 1.33 bits per heavy atom. The summed E-state index contributed by atoms with van der Waals surface area (Å²) in [4.78, 5) is 8.65. The summed E-state index contributed by atoms with van der Waals surface area (Å²) in [6, 6.07) is 0. The Morgan fingerprint density at radius 2 is 2.07 bits per heavy atom. The zero-order valence-electron chi connectivity index (χ0n) is 9.50. The molecule has 0 bridgehead atoms. The number of nitrogens with zero attached hydrogens (tertiary/aromatic N) is 2. The molecule has 0 spiro atoms. The van der Waals surface area contributed by atoms with E-state index in [4.69, 9.17) is 10.6 Å². The Morgan fingerprint density at radius 3 is 2.60 bits per heavy atom. The zero-order chi connectivity index (χ0) is 11.3. The molecule has 0 saturated carbocycles. The van der Waals surface area contributed by atoms with Crippen molar-refractivity contribution in [3.63, 3.8) is 0 Å². The van der Waals surface area contributed by atoms with Crippen LogP contribution in [0.2, 0.25) is 0 Å². The monoisotopic (exact) mass is 210 g/mol. The summed E-state index contributed by atoms with van der Waals surface area (Å²) >= 11 is 0. The summed E-state index contributed by atoms with van der Waals surface area (Å²) in [6.45, 7) is 7.03. The highest BCUT2D eigenvalue weighted by atomic mass is 16.5. The average molecular weight is 210 g/mol. The Labute approximate surface area is 90.0 Å². The van der Waals surface area contributed by atoms with Crippen molar-refractivity contribution in [2.75, 3.05) is 12.0 Å². The van der Waals surface area contributed by atoms with Crippen molar-refractivity contribution in [3.05, 3.63) is 17.1 Å². The molecule has 0 aromatic carbocycles. The standard InChI is InChI=1S/C10H18N4O/c1-4-8-7(3)12-9(6-15-5-2)13-10(8)14-11/h4-6,11H2,1-3H3,(H,12,13,14). The molecule has 1 aromatic rings. The number of aryl methyl sites for hydroxylation is 1. The number of hydrogen-bond acceptors (Lipinski definition) is 5. The lowest BCUT2D eigenvalue weighted by molar-refractivity contribution is 0.128. The van der Waals surface area contributed by atoms with E-state index in [1.165, 1.54) is 0 Å². The number of aromatic nitrogens is 2. The fourth-order valence-corrected chi connectivity index (χ4v) is 1.45. The van der Waals surface area contributed by atoms with Crippen molar-refractivity contribution in [3.8, 4) is 0 Å². The molecule has 0 fully saturated rings. The molecule has 1 heterocycles. The normalized spacial score (nSPS) is 10.4. The third-order valence-electron chi connectivity index (χ3n) is 2.19. The van der Waals surface area contributed by atoms with Crippen molar-refractivity contribution in [1.82, 2.24) is 9.97 Å². The predicted molar refractivity (Wildman–Crippen MR) is 59.3 cm³/mol. The molecule has 0 aliphatic carbocycles. The molecule has 0 aliphatic rings. The number of ether oxygens (including phenoxy) is 1. The maximum atomic E-state index is 5.41. The molecule has 0 saturated heterocycles. The van der Waals surface area contributed by atoms with E-state index >= 15 is 0 Å². The van der Waals surface area contributed by atoms with Crippen LogP contribution in [0.25, 0.3) is 0 Å². The van der Waals surface area contributed by atoms with E-state index in [9.17, 15) is 0 Å². The number of hydrazine groups is 1. The first-order valence-corrected chi connectivity index (χ1v) is 5.13. The highest BCUT2D eigenvalue weighted by molar-refractivity contribution is 5.45. The van der Waals surface area contributed by atoms with Crippen LogP contribution in [-0.4, -0.2) is 16.6 Å². The van der Waals surface area contributed by atoms with Crippen LogP contribution in [0.4, 0.5) is 5.82 Å². The highest BCUT2D eigenvalue weighted by Crippen LogP contribution is 2.16. The first kappa shape index (κ1) is 11.9. The molecule has 5 heteroatoms. The maximum Gasteiger partial charge on any atom is 0.156 e. The number of nitrogens with one attached hydrogen (secondary N) is 1. The van der Waals surface area contributed by atoms with Gasteiger partial charge < -0.3 is 10.2 Å². The molecule has 0 radical (unpaired) electrons. The fourth-order valence-electron chi connectivity index (χ4n) is 1.45. The van der Waals surface area contributed by atoms with Crippen LogP contribution in [-0.2, 0) is 17.8 Å². The van der Waals surface area contributed by atoms with Crippen LogP contribution in [0.5, 0.6) is 0 Å². The topological polar surface area (TPSA) is 73.1 Å². The molecular weight excluding hydrogens is 192 g/mol. The van der Waals surface area contributed by atoms with Crippen molar-refractivity contribution in [2.45, 2.75) is 33.8 Å². The Kier molecular flexibility index (Phi) is 4.45. The van der Waals surface area contributed by atoms with Gasteiger partial charge in [-0.1, -0.05) is 6.92 Å². The summed E-state index contributed by atoms with van der Waals surface area (Å²) < 4.78 is 5.25.